The van der Waals surface area contributed by atoms with E-state index in [9.17, 15) is 9.59 Å². The first-order chi connectivity index (χ1) is 12.6. The molecule has 0 aliphatic heterocycles. The Balaban J connectivity index is 2.10. The van der Waals surface area contributed by atoms with Gasteiger partial charge in [0.15, 0.2) is 0 Å². The second kappa shape index (κ2) is 7.52. The van der Waals surface area contributed by atoms with Crippen molar-refractivity contribution < 1.29 is 9.53 Å². The number of esters is 1. The average molecular weight is 350 g/mol. The zero-order valence-electron chi connectivity index (χ0n) is 15.3. The van der Waals surface area contributed by atoms with E-state index in [2.05, 4.69) is 35.9 Å². The molecule has 5 nitrogen and oxygen atoms in total. The topological polar surface area (TPSA) is 72.1 Å². The lowest BCUT2D eigenvalue weighted by molar-refractivity contribution is 0.0524. The Hall–Kier alpha value is -2.95. The summed E-state index contributed by atoms with van der Waals surface area (Å²) in [5.74, 6) is -0.603. The SMILES string of the molecule is CCOC(=O)c1c[nH]c2cc(-c3cc(CC)nc(CC)c3)ccc2c1=O. The zero-order valence-corrected chi connectivity index (χ0v) is 15.3. The van der Waals surface area contributed by atoms with E-state index in [4.69, 9.17) is 4.74 Å². The molecule has 1 N–H and O–H groups in total. The van der Waals surface area contributed by atoms with Gasteiger partial charge in [-0.25, -0.2) is 4.79 Å². The van der Waals surface area contributed by atoms with Gasteiger partial charge >= 0.3 is 5.97 Å². The van der Waals surface area contributed by atoms with Crippen LogP contribution in [0.15, 0.2) is 41.3 Å². The van der Waals surface area contributed by atoms with E-state index < -0.39 is 5.97 Å². The average Bonchev–Trinajstić information content (AvgIpc) is 2.67. The minimum absolute atomic E-state index is 0.0255. The second-order valence-electron chi connectivity index (χ2n) is 6.06. The van der Waals surface area contributed by atoms with Gasteiger partial charge in [0, 0.05) is 28.5 Å². The molecule has 134 valence electrons. The third-order valence-corrected chi connectivity index (χ3v) is 4.37. The van der Waals surface area contributed by atoms with Crippen molar-refractivity contribution in [2.75, 3.05) is 6.61 Å². The summed E-state index contributed by atoms with van der Waals surface area (Å²) in [6, 6.07) is 9.74. The van der Waals surface area contributed by atoms with Gasteiger partial charge in [-0.05, 0) is 55.2 Å². The first kappa shape index (κ1) is 17.9. The number of benzene rings is 1. The predicted molar refractivity (Wildman–Crippen MR) is 103 cm³/mol. The van der Waals surface area contributed by atoms with Gasteiger partial charge in [-0.3, -0.25) is 9.78 Å². The summed E-state index contributed by atoms with van der Waals surface area (Å²) in [7, 11) is 0. The number of rotatable bonds is 5. The van der Waals surface area contributed by atoms with E-state index >= 15 is 0 Å². The Labute approximate surface area is 152 Å². The Kier molecular flexibility index (Phi) is 5.16. The Morgan fingerprint density at radius 1 is 1.04 bits per heavy atom. The second-order valence-corrected chi connectivity index (χ2v) is 6.06. The highest BCUT2D eigenvalue weighted by Gasteiger charge is 2.14. The molecule has 3 aromatic rings. The minimum Gasteiger partial charge on any atom is -0.462 e. The van der Waals surface area contributed by atoms with Gasteiger partial charge < -0.3 is 9.72 Å². The van der Waals surface area contributed by atoms with E-state index in [0.29, 0.717) is 10.9 Å². The van der Waals surface area contributed by atoms with Gasteiger partial charge in [-0.2, -0.15) is 0 Å². The number of carbonyl (C=O) groups excluding carboxylic acids is 1. The molecule has 0 aliphatic rings. The van der Waals surface area contributed by atoms with Crippen molar-refractivity contribution in [1.29, 1.82) is 0 Å². The van der Waals surface area contributed by atoms with E-state index in [-0.39, 0.29) is 17.6 Å². The molecule has 1 aromatic carbocycles. The summed E-state index contributed by atoms with van der Waals surface area (Å²) in [6.07, 6.45) is 3.16. The molecular formula is C21H22N2O3. The summed E-state index contributed by atoms with van der Waals surface area (Å²) in [4.78, 5) is 32.1. The quantitative estimate of drug-likeness (QED) is 0.709. The van der Waals surface area contributed by atoms with E-state index in [1.807, 2.05) is 12.1 Å². The number of pyridine rings is 2. The molecule has 26 heavy (non-hydrogen) atoms. The first-order valence-corrected chi connectivity index (χ1v) is 8.90. The molecule has 0 radical (unpaired) electrons. The number of carbonyl (C=O) groups is 1. The van der Waals surface area contributed by atoms with Crippen LogP contribution in [-0.2, 0) is 17.6 Å². The Morgan fingerprint density at radius 2 is 1.73 bits per heavy atom. The molecule has 0 spiro atoms. The van der Waals surface area contributed by atoms with Crippen molar-refractivity contribution in [2.45, 2.75) is 33.6 Å². The van der Waals surface area contributed by atoms with Crippen molar-refractivity contribution >= 4 is 16.9 Å². The number of hydrogen-bond donors (Lipinski definition) is 1. The van der Waals surface area contributed by atoms with Crippen molar-refractivity contribution in [3.05, 3.63) is 63.7 Å². The zero-order chi connectivity index (χ0) is 18.7. The van der Waals surface area contributed by atoms with Crippen molar-refractivity contribution in [3.63, 3.8) is 0 Å². The number of ether oxygens (including phenoxy) is 1. The number of hydrogen-bond acceptors (Lipinski definition) is 4. The van der Waals surface area contributed by atoms with Gasteiger partial charge in [0.25, 0.3) is 0 Å². The fraction of sp³-hybridized carbons (Fsp3) is 0.286. The van der Waals surface area contributed by atoms with Crippen LogP contribution in [-0.4, -0.2) is 22.5 Å². The highest BCUT2D eigenvalue weighted by atomic mass is 16.5. The normalized spacial score (nSPS) is 10.9. The monoisotopic (exact) mass is 350 g/mol. The van der Waals surface area contributed by atoms with Crippen molar-refractivity contribution in [3.8, 4) is 11.1 Å². The highest BCUT2D eigenvalue weighted by Crippen LogP contribution is 2.24. The highest BCUT2D eigenvalue weighted by molar-refractivity contribution is 5.94. The van der Waals surface area contributed by atoms with Crippen LogP contribution >= 0.6 is 0 Å². The maximum absolute atomic E-state index is 12.6. The molecule has 3 rings (SSSR count). The molecule has 5 heteroatoms. The fourth-order valence-electron chi connectivity index (χ4n) is 2.94. The number of aryl methyl sites for hydroxylation is 2. The largest absolute Gasteiger partial charge is 0.462 e. The predicted octanol–water partition coefficient (Wildman–Crippen LogP) is 3.89. The molecule has 0 unspecified atom stereocenters. The lowest BCUT2D eigenvalue weighted by Crippen LogP contribution is -2.18. The molecule has 0 saturated carbocycles. The molecule has 0 aliphatic carbocycles. The third-order valence-electron chi connectivity index (χ3n) is 4.37. The van der Waals surface area contributed by atoms with Crippen LogP contribution in [0, 0.1) is 0 Å². The molecule has 0 fully saturated rings. The van der Waals surface area contributed by atoms with E-state index in [1.54, 1.807) is 13.0 Å². The van der Waals surface area contributed by atoms with E-state index in [1.165, 1.54) is 6.20 Å². The van der Waals surface area contributed by atoms with Crippen molar-refractivity contribution in [1.82, 2.24) is 9.97 Å². The van der Waals surface area contributed by atoms with Crippen molar-refractivity contribution in [2.24, 2.45) is 0 Å². The van der Waals surface area contributed by atoms with Gasteiger partial charge in [0.2, 0.25) is 5.43 Å². The smallest absolute Gasteiger partial charge is 0.343 e. The third kappa shape index (κ3) is 3.38. The molecule has 2 heterocycles. The molecule has 2 aromatic heterocycles. The van der Waals surface area contributed by atoms with Gasteiger partial charge in [-0.15, -0.1) is 0 Å². The van der Waals surface area contributed by atoms with Crippen LogP contribution in [0.3, 0.4) is 0 Å². The first-order valence-electron chi connectivity index (χ1n) is 8.90. The maximum atomic E-state index is 12.6. The van der Waals surface area contributed by atoms with Gasteiger partial charge in [-0.1, -0.05) is 19.9 Å². The van der Waals surface area contributed by atoms with Gasteiger partial charge in [0.1, 0.15) is 5.56 Å². The summed E-state index contributed by atoms with van der Waals surface area (Å²) < 4.78 is 4.94. The number of nitrogens with zero attached hydrogens (tertiary/aromatic N) is 1. The molecule has 0 saturated heterocycles. The Morgan fingerprint density at radius 3 is 2.35 bits per heavy atom. The fourth-order valence-corrected chi connectivity index (χ4v) is 2.94. The lowest BCUT2D eigenvalue weighted by Gasteiger charge is -2.09. The summed E-state index contributed by atoms with van der Waals surface area (Å²) in [6.45, 7) is 6.11. The molecule has 0 atom stereocenters. The number of aromatic amines is 1. The van der Waals surface area contributed by atoms with Crippen LogP contribution < -0.4 is 5.43 Å². The van der Waals surface area contributed by atoms with Crippen LogP contribution in [0.25, 0.3) is 22.0 Å². The number of aromatic nitrogens is 2. The summed E-state index contributed by atoms with van der Waals surface area (Å²) in [5, 5.41) is 0.472. The number of H-pyrrole nitrogens is 1. The molecule has 0 bridgehead atoms. The van der Waals surface area contributed by atoms with Crippen LogP contribution in [0.5, 0.6) is 0 Å². The summed E-state index contributed by atoms with van der Waals surface area (Å²) in [5.41, 5.74) is 4.57. The van der Waals surface area contributed by atoms with Crippen LogP contribution in [0.2, 0.25) is 0 Å². The van der Waals surface area contributed by atoms with Crippen LogP contribution in [0.1, 0.15) is 42.5 Å². The standard InChI is InChI=1S/C21H22N2O3/c1-4-15-9-14(10-16(5-2)23-15)13-7-8-17-19(11-13)22-12-18(20(17)24)21(25)26-6-3/h7-12H,4-6H2,1-3H3,(H,22,24). The Bertz CT molecular complexity index is 999. The van der Waals surface area contributed by atoms with E-state index in [0.717, 1.165) is 35.4 Å². The van der Waals surface area contributed by atoms with Gasteiger partial charge in [0.05, 0.1) is 6.61 Å². The minimum atomic E-state index is -0.603. The number of nitrogens with one attached hydrogen (secondary N) is 1. The molecule has 0 amide bonds. The van der Waals surface area contributed by atoms with Crippen LogP contribution in [0.4, 0.5) is 0 Å². The number of fused-ring (bicyclic) bond motifs is 1. The summed E-state index contributed by atoms with van der Waals surface area (Å²) >= 11 is 0. The molecular weight excluding hydrogens is 328 g/mol. The maximum Gasteiger partial charge on any atom is 0.343 e. The lowest BCUT2D eigenvalue weighted by atomic mass is 10.0.